The van der Waals surface area contributed by atoms with Crippen LogP contribution in [0.15, 0.2) is 41.4 Å². The van der Waals surface area contributed by atoms with Crippen LogP contribution in [-0.4, -0.2) is 75.1 Å². The van der Waals surface area contributed by atoms with Crippen molar-refractivity contribution in [2.24, 2.45) is 0 Å². The molecule has 0 unspecified atom stereocenters. The summed E-state index contributed by atoms with van der Waals surface area (Å²) in [7, 11) is -3.59. The van der Waals surface area contributed by atoms with Crippen molar-refractivity contribution < 1.29 is 18.1 Å². The maximum Gasteiger partial charge on any atom is 0.270 e. The van der Waals surface area contributed by atoms with Crippen molar-refractivity contribution >= 4 is 27.2 Å². The van der Waals surface area contributed by atoms with E-state index in [1.807, 2.05) is 15.9 Å². The van der Waals surface area contributed by atoms with E-state index in [1.54, 1.807) is 18.2 Å². The number of nitro groups is 1. The number of pyridine rings is 1. The minimum absolute atomic E-state index is 0.111. The molecule has 3 heterocycles. The molecule has 0 spiro atoms. The average Bonchev–Trinajstić information content (AvgIpc) is 2.84. The van der Waals surface area contributed by atoms with Gasteiger partial charge in [-0.05, 0) is 18.2 Å². The summed E-state index contributed by atoms with van der Waals surface area (Å²) in [5.74, 6) is 0.676. The minimum Gasteiger partial charge on any atom is -0.379 e. The van der Waals surface area contributed by atoms with E-state index < -0.39 is 14.9 Å². The molecule has 168 valence electrons. The van der Waals surface area contributed by atoms with Gasteiger partial charge in [-0.15, -0.1) is 0 Å². The number of anilines is 2. The number of aromatic nitrogens is 1. The summed E-state index contributed by atoms with van der Waals surface area (Å²) in [6.07, 6.45) is 1.39. The van der Waals surface area contributed by atoms with Gasteiger partial charge in [0.15, 0.2) is 0 Å². The van der Waals surface area contributed by atoms with Gasteiger partial charge in [0.25, 0.3) is 5.69 Å². The Hall–Kier alpha value is -3.27. The molecule has 0 saturated carbocycles. The zero-order valence-electron chi connectivity index (χ0n) is 17.3. The van der Waals surface area contributed by atoms with Gasteiger partial charge in [0.2, 0.25) is 10.0 Å². The normalized spacial score (nSPS) is 17.7. The summed E-state index contributed by atoms with van der Waals surface area (Å²) in [5.41, 5.74) is 0.821. The highest BCUT2D eigenvalue weighted by Gasteiger charge is 2.27. The highest BCUT2D eigenvalue weighted by Crippen LogP contribution is 2.27. The highest BCUT2D eigenvalue weighted by molar-refractivity contribution is 7.89. The Morgan fingerprint density at radius 2 is 1.72 bits per heavy atom. The first-order valence-corrected chi connectivity index (χ1v) is 11.6. The number of benzene rings is 1. The molecule has 0 atom stereocenters. The minimum atomic E-state index is -3.59. The van der Waals surface area contributed by atoms with Crippen molar-refractivity contribution in [3.8, 4) is 6.07 Å². The van der Waals surface area contributed by atoms with Crippen molar-refractivity contribution in [3.05, 3.63) is 52.2 Å². The molecule has 4 rings (SSSR count). The zero-order chi connectivity index (χ0) is 22.7. The number of hydrogen-bond acceptors (Lipinski definition) is 9. The molecule has 0 bridgehead atoms. The van der Waals surface area contributed by atoms with Gasteiger partial charge in [0.05, 0.1) is 29.4 Å². The Balaban J connectivity index is 1.43. The van der Waals surface area contributed by atoms with Crippen molar-refractivity contribution in [3.63, 3.8) is 0 Å². The Morgan fingerprint density at radius 1 is 1.03 bits per heavy atom. The number of piperazine rings is 1. The highest BCUT2D eigenvalue weighted by atomic mass is 32.2. The summed E-state index contributed by atoms with van der Waals surface area (Å²) in [4.78, 5) is 19.0. The van der Waals surface area contributed by atoms with Crippen LogP contribution >= 0.6 is 0 Å². The molecule has 0 N–H and O–H groups in total. The van der Waals surface area contributed by atoms with Crippen LogP contribution in [0.4, 0.5) is 17.2 Å². The van der Waals surface area contributed by atoms with Gasteiger partial charge >= 0.3 is 0 Å². The number of non-ortho nitro benzene ring substituents is 1. The molecular weight excluding hydrogens is 436 g/mol. The number of nitro benzene ring substituents is 1. The lowest BCUT2D eigenvalue weighted by Crippen LogP contribution is -2.47. The quantitative estimate of drug-likeness (QED) is 0.479. The Labute approximate surface area is 185 Å². The fraction of sp³-hybridized carbons (Fsp3) is 0.400. The molecule has 1 aromatic heterocycles. The maximum atomic E-state index is 12.7. The zero-order valence-corrected chi connectivity index (χ0v) is 18.1. The molecule has 12 heteroatoms. The van der Waals surface area contributed by atoms with E-state index in [2.05, 4.69) is 4.98 Å². The third kappa shape index (κ3) is 4.36. The second kappa shape index (κ2) is 9.07. The van der Waals surface area contributed by atoms with Crippen LogP contribution in [0.2, 0.25) is 0 Å². The first-order valence-electron chi connectivity index (χ1n) is 10.1. The molecular formula is C20H22N6O5S. The molecule has 2 aliphatic heterocycles. The van der Waals surface area contributed by atoms with Crippen LogP contribution in [0.25, 0.3) is 0 Å². The largest absolute Gasteiger partial charge is 0.379 e. The topological polar surface area (TPSA) is 133 Å². The van der Waals surface area contributed by atoms with E-state index in [1.165, 1.54) is 22.6 Å². The van der Waals surface area contributed by atoms with Gasteiger partial charge in [-0.1, -0.05) is 0 Å². The fourth-order valence-electron chi connectivity index (χ4n) is 3.83. The van der Waals surface area contributed by atoms with Crippen LogP contribution < -0.4 is 9.80 Å². The van der Waals surface area contributed by atoms with Crippen molar-refractivity contribution in [2.45, 2.75) is 4.90 Å². The molecule has 2 aromatic rings. The number of rotatable bonds is 5. The molecule has 0 radical (unpaired) electrons. The van der Waals surface area contributed by atoms with Crippen LogP contribution in [0.3, 0.4) is 0 Å². The van der Waals surface area contributed by atoms with E-state index >= 15 is 0 Å². The van der Waals surface area contributed by atoms with E-state index in [0.29, 0.717) is 64.0 Å². The lowest BCUT2D eigenvalue weighted by atomic mass is 10.1. The van der Waals surface area contributed by atoms with E-state index in [4.69, 9.17) is 4.74 Å². The van der Waals surface area contributed by atoms with Crippen LogP contribution in [-0.2, 0) is 14.8 Å². The van der Waals surface area contributed by atoms with E-state index in [9.17, 15) is 23.8 Å². The van der Waals surface area contributed by atoms with Gasteiger partial charge in [0, 0.05) is 57.6 Å². The summed E-state index contributed by atoms with van der Waals surface area (Å²) >= 11 is 0. The molecule has 32 heavy (non-hydrogen) atoms. The molecule has 11 nitrogen and oxygen atoms in total. The first-order chi connectivity index (χ1) is 15.4. The van der Waals surface area contributed by atoms with Gasteiger partial charge in [-0.3, -0.25) is 10.1 Å². The molecule has 2 aliphatic rings. The number of sulfonamides is 1. The lowest BCUT2D eigenvalue weighted by molar-refractivity contribution is -0.384. The SMILES string of the molecule is N#Cc1cc([N+](=O)[O-])ccc1N1CCN(c2ccc(S(=O)(=O)N3CCOCC3)cn2)CC1. The van der Waals surface area contributed by atoms with Crippen molar-refractivity contribution in [2.75, 3.05) is 62.3 Å². The van der Waals surface area contributed by atoms with Gasteiger partial charge in [-0.25, -0.2) is 13.4 Å². The lowest BCUT2D eigenvalue weighted by Gasteiger charge is -2.37. The molecule has 2 saturated heterocycles. The third-order valence-corrected chi connectivity index (χ3v) is 7.47. The Morgan fingerprint density at radius 3 is 2.31 bits per heavy atom. The maximum absolute atomic E-state index is 12.7. The summed E-state index contributed by atoms with van der Waals surface area (Å²) in [6, 6.07) is 9.61. The van der Waals surface area contributed by atoms with Gasteiger partial charge in [0.1, 0.15) is 16.8 Å². The predicted molar refractivity (Wildman–Crippen MR) is 116 cm³/mol. The Kier molecular flexibility index (Phi) is 6.22. The second-order valence-corrected chi connectivity index (χ2v) is 9.35. The summed E-state index contributed by atoms with van der Waals surface area (Å²) < 4.78 is 32.1. The summed E-state index contributed by atoms with van der Waals surface area (Å²) in [6.45, 7) is 3.87. The number of nitriles is 1. The number of ether oxygens (including phenoxy) is 1. The molecule has 0 aliphatic carbocycles. The predicted octanol–water partition coefficient (Wildman–Crippen LogP) is 1.21. The second-order valence-electron chi connectivity index (χ2n) is 7.41. The smallest absolute Gasteiger partial charge is 0.270 e. The molecule has 0 amide bonds. The van der Waals surface area contributed by atoms with Crippen LogP contribution in [0.5, 0.6) is 0 Å². The number of nitrogens with zero attached hydrogens (tertiary/aromatic N) is 6. The third-order valence-electron chi connectivity index (χ3n) is 5.58. The van der Waals surface area contributed by atoms with Gasteiger partial charge in [-0.2, -0.15) is 9.57 Å². The van der Waals surface area contributed by atoms with Crippen LogP contribution in [0, 0.1) is 21.4 Å². The van der Waals surface area contributed by atoms with Gasteiger partial charge < -0.3 is 14.5 Å². The summed E-state index contributed by atoms with van der Waals surface area (Å²) in [5, 5.41) is 20.3. The number of morpholine rings is 1. The van der Waals surface area contributed by atoms with E-state index in [-0.39, 0.29) is 16.1 Å². The number of hydrogen-bond donors (Lipinski definition) is 0. The van der Waals surface area contributed by atoms with Crippen LogP contribution in [0.1, 0.15) is 5.56 Å². The van der Waals surface area contributed by atoms with E-state index in [0.717, 1.165) is 0 Å². The monoisotopic (exact) mass is 458 g/mol. The standard InChI is InChI=1S/C20H22N6O5S/c21-14-16-13-17(26(27)28)1-3-19(16)23-5-7-24(8-6-23)20-4-2-18(15-22-20)32(29,30)25-9-11-31-12-10-25/h1-4,13,15H,5-12H2. The fourth-order valence-corrected chi connectivity index (χ4v) is 5.18. The Bertz CT molecular complexity index is 1130. The average molecular weight is 459 g/mol. The molecule has 1 aromatic carbocycles. The van der Waals surface area contributed by atoms with Crippen molar-refractivity contribution in [1.82, 2.24) is 9.29 Å². The molecule has 2 fully saturated rings. The van der Waals surface area contributed by atoms with Crippen molar-refractivity contribution in [1.29, 1.82) is 5.26 Å². The first kappa shape index (κ1) is 21.9.